The van der Waals surface area contributed by atoms with Crippen LogP contribution in [0.4, 0.5) is 4.39 Å². The second kappa shape index (κ2) is 6.38. The van der Waals surface area contributed by atoms with Gasteiger partial charge >= 0.3 is 0 Å². The Hall–Kier alpha value is -0.580. The van der Waals surface area contributed by atoms with Crippen LogP contribution in [-0.4, -0.2) is 30.2 Å². The van der Waals surface area contributed by atoms with E-state index in [0.29, 0.717) is 12.4 Å². The highest BCUT2D eigenvalue weighted by Gasteiger charge is 2.22. The van der Waals surface area contributed by atoms with E-state index in [-0.39, 0.29) is 17.8 Å². The Labute approximate surface area is 105 Å². The van der Waals surface area contributed by atoms with E-state index in [9.17, 15) is 9.50 Å². The van der Waals surface area contributed by atoms with Crippen LogP contribution in [0.1, 0.15) is 12.8 Å². The molecule has 0 bridgehead atoms. The number of benzene rings is 1. The predicted molar refractivity (Wildman–Crippen MR) is 66.7 cm³/mol. The van der Waals surface area contributed by atoms with E-state index >= 15 is 0 Å². The fourth-order valence-corrected chi connectivity index (χ4v) is 2.88. The van der Waals surface area contributed by atoms with Crippen molar-refractivity contribution >= 4 is 11.8 Å². The van der Waals surface area contributed by atoms with Gasteiger partial charge in [-0.2, -0.15) is 0 Å². The summed E-state index contributed by atoms with van der Waals surface area (Å²) in [5.74, 6) is 0.659. The van der Waals surface area contributed by atoms with Gasteiger partial charge in [0.05, 0.1) is 12.7 Å². The van der Waals surface area contributed by atoms with Crippen molar-refractivity contribution in [1.29, 1.82) is 0 Å². The van der Waals surface area contributed by atoms with E-state index < -0.39 is 0 Å². The third-order valence-electron chi connectivity index (χ3n) is 2.97. The van der Waals surface area contributed by atoms with Crippen molar-refractivity contribution in [3.63, 3.8) is 0 Å². The van der Waals surface area contributed by atoms with Crippen LogP contribution in [0.15, 0.2) is 29.2 Å². The molecule has 2 nitrogen and oxygen atoms in total. The molecule has 1 N–H and O–H groups in total. The van der Waals surface area contributed by atoms with Gasteiger partial charge in [0.25, 0.3) is 0 Å². The first kappa shape index (κ1) is 12.9. The Morgan fingerprint density at radius 3 is 2.82 bits per heavy atom. The van der Waals surface area contributed by atoms with Crippen LogP contribution in [0.25, 0.3) is 0 Å². The molecule has 17 heavy (non-hydrogen) atoms. The molecule has 4 heteroatoms. The fraction of sp³-hybridized carbons (Fsp3) is 0.538. The molecule has 1 aliphatic heterocycles. The Morgan fingerprint density at radius 1 is 1.41 bits per heavy atom. The molecule has 0 amide bonds. The summed E-state index contributed by atoms with van der Waals surface area (Å²) < 4.78 is 18.1. The average molecular weight is 256 g/mol. The van der Waals surface area contributed by atoms with Crippen molar-refractivity contribution in [2.45, 2.75) is 23.8 Å². The summed E-state index contributed by atoms with van der Waals surface area (Å²) in [6, 6.07) is 6.37. The van der Waals surface area contributed by atoms with Crippen molar-refractivity contribution in [3.8, 4) is 0 Å². The van der Waals surface area contributed by atoms with E-state index in [4.69, 9.17) is 4.74 Å². The number of thioether (sulfide) groups is 1. The highest BCUT2D eigenvalue weighted by Crippen LogP contribution is 2.24. The molecule has 0 saturated carbocycles. The Balaban J connectivity index is 1.78. The molecule has 1 heterocycles. The van der Waals surface area contributed by atoms with Crippen LogP contribution in [0, 0.1) is 11.7 Å². The summed E-state index contributed by atoms with van der Waals surface area (Å²) in [5.41, 5.74) is 0. The quantitative estimate of drug-likeness (QED) is 0.840. The zero-order chi connectivity index (χ0) is 12.1. The van der Waals surface area contributed by atoms with Gasteiger partial charge in [0, 0.05) is 23.2 Å². The molecule has 1 aromatic carbocycles. The van der Waals surface area contributed by atoms with Gasteiger partial charge in [-0.15, -0.1) is 11.8 Å². The monoisotopic (exact) mass is 256 g/mol. The van der Waals surface area contributed by atoms with E-state index in [1.807, 2.05) is 0 Å². The lowest BCUT2D eigenvalue weighted by atomic mass is 9.97. The van der Waals surface area contributed by atoms with Crippen LogP contribution in [0.2, 0.25) is 0 Å². The number of aliphatic hydroxyl groups excluding tert-OH is 1. The van der Waals surface area contributed by atoms with Crippen molar-refractivity contribution in [1.82, 2.24) is 0 Å². The first-order valence-electron chi connectivity index (χ1n) is 5.90. The van der Waals surface area contributed by atoms with Crippen LogP contribution >= 0.6 is 11.8 Å². The summed E-state index contributed by atoms with van der Waals surface area (Å²) in [7, 11) is 0. The van der Waals surface area contributed by atoms with Gasteiger partial charge in [-0.1, -0.05) is 0 Å². The van der Waals surface area contributed by atoms with Gasteiger partial charge in [-0.05, 0) is 37.1 Å². The molecule has 2 atom stereocenters. The lowest BCUT2D eigenvalue weighted by Gasteiger charge is -2.26. The highest BCUT2D eigenvalue weighted by molar-refractivity contribution is 7.99. The van der Waals surface area contributed by atoms with Crippen LogP contribution in [0.3, 0.4) is 0 Å². The summed E-state index contributed by atoms with van der Waals surface area (Å²) >= 11 is 1.56. The topological polar surface area (TPSA) is 29.5 Å². The zero-order valence-electron chi connectivity index (χ0n) is 9.64. The molecule has 1 aromatic rings. The summed E-state index contributed by atoms with van der Waals surface area (Å²) in [6.07, 6.45) is 1.72. The minimum absolute atomic E-state index is 0.226. The lowest BCUT2D eigenvalue weighted by Crippen LogP contribution is -2.30. The Bertz CT molecular complexity index is 336. The van der Waals surface area contributed by atoms with E-state index in [1.165, 1.54) is 12.1 Å². The van der Waals surface area contributed by atoms with Crippen molar-refractivity contribution in [2.75, 3.05) is 19.0 Å². The highest BCUT2D eigenvalue weighted by atomic mass is 32.2. The lowest BCUT2D eigenvalue weighted by molar-refractivity contribution is -0.0000395. The standard InChI is InChI=1S/C13H17FO2S/c14-11-3-5-12(6-4-11)17-9-13(15)10-2-1-7-16-8-10/h3-6,10,13,15H,1-2,7-9H2. The van der Waals surface area contributed by atoms with Crippen molar-refractivity contribution in [3.05, 3.63) is 30.1 Å². The number of rotatable bonds is 4. The molecule has 0 aromatic heterocycles. The van der Waals surface area contributed by atoms with Crippen LogP contribution < -0.4 is 0 Å². The van der Waals surface area contributed by atoms with Crippen LogP contribution in [0.5, 0.6) is 0 Å². The molecule has 1 fully saturated rings. The van der Waals surface area contributed by atoms with E-state index in [0.717, 1.165) is 24.3 Å². The number of hydrogen-bond acceptors (Lipinski definition) is 3. The van der Waals surface area contributed by atoms with E-state index in [1.54, 1.807) is 23.9 Å². The molecular formula is C13H17FO2S. The van der Waals surface area contributed by atoms with Gasteiger partial charge in [-0.25, -0.2) is 4.39 Å². The largest absolute Gasteiger partial charge is 0.392 e. The van der Waals surface area contributed by atoms with Gasteiger partial charge in [0.2, 0.25) is 0 Å². The summed E-state index contributed by atoms with van der Waals surface area (Å²) in [4.78, 5) is 0.988. The predicted octanol–water partition coefficient (Wildman–Crippen LogP) is 2.71. The third-order valence-corrected chi connectivity index (χ3v) is 4.09. The SMILES string of the molecule is OC(CSc1ccc(F)cc1)C1CCCOC1. The minimum Gasteiger partial charge on any atom is -0.392 e. The summed E-state index contributed by atoms with van der Waals surface area (Å²) in [5, 5.41) is 10.0. The maximum absolute atomic E-state index is 12.7. The number of aliphatic hydroxyl groups is 1. The smallest absolute Gasteiger partial charge is 0.123 e. The second-order valence-electron chi connectivity index (χ2n) is 4.31. The van der Waals surface area contributed by atoms with Crippen molar-refractivity contribution < 1.29 is 14.2 Å². The normalized spacial score (nSPS) is 22.4. The molecule has 2 rings (SSSR count). The molecule has 1 saturated heterocycles. The summed E-state index contributed by atoms with van der Waals surface area (Å²) in [6.45, 7) is 1.47. The van der Waals surface area contributed by atoms with Gasteiger partial charge in [0.1, 0.15) is 5.82 Å². The number of ether oxygens (including phenoxy) is 1. The number of halogens is 1. The fourth-order valence-electron chi connectivity index (χ4n) is 1.92. The molecule has 94 valence electrons. The van der Waals surface area contributed by atoms with Crippen molar-refractivity contribution in [2.24, 2.45) is 5.92 Å². The molecule has 2 unspecified atom stereocenters. The average Bonchev–Trinajstić information content (AvgIpc) is 2.39. The van der Waals surface area contributed by atoms with Gasteiger partial charge in [0.15, 0.2) is 0 Å². The maximum Gasteiger partial charge on any atom is 0.123 e. The zero-order valence-corrected chi connectivity index (χ0v) is 10.5. The van der Waals surface area contributed by atoms with Gasteiger partial charge < -0.3 is 9.84 Å². The molecule has 0 spiro atoms. The van der Waals surface area contributed by atoms with E-state index in [2.05, 4.69) is 0 Å². The molecule has 1 aliphatic rings. The maximum atomic E-state index is 12.7. The molecule has 0 aliphatic carbocycles. The van der Waals surface area contributed by atoms with Gasteiger partial charge in [-0.3, -0.25) is 0 Å². The van der Waals surface area contributed by atoms with Crippen LogP contribution in [-0.2, 0) is 4.74 Å². The first-order chi connectivity index (χ1) is 8.25. The third kappa shape index (κ3) is 3.98. The minimum atomic E-state index is -0.342. The Kier molecular flexibility index (Phi) is 4.83. The molecular weight excluding hydrogens is 239 g/mol. The number of hydrogen-bond donors (Lipinski definition) is 1. The molecule has 0 radical (unpaired) electrons. The Morgan fingerprint density at radius 2 is 2.18 bits per heavy atom. The second-order valence-corrected chi connectivity index (χ2v) is 5.40. The first-order valence-corrected chi connectivity index (χ1v) is 6.88.